The van der Waals surface area contributed by atoms with Crippen LogP contribution < -0.4 is 14.9 Å². The van der Waals surface area contributed by atoms with E-state index in [9.17, 15) is 9.59 Å². The van der Waals surface area contributed by atoms with Crippen LogP contribution in [-0.4, -0.2) is 31.1 Å². The van der Waals surface area contributed by atoms with Gasteiger partial charge in [-0.05, 0) is 85.8 Å². The van der Waals surface area contributed by atoms with Crippen molar-refractivity contribution in [2.24, 2.45) is 0 Å². The molecule has 36 heavy (non-hydrogen) atoms. The Morgan fingerprint density at radius 1 is 0.917 bits per heavy atom. The van der Waals surface area contributed by atoms with Gasteiger partial charge in [0.1, 0.15) is 17.1 Å². The van der Waals surface area contributed by atoms with Crippen LogP contribution in [0.3, 0.4) is 0 Å². The second-order valence-electron chi connectivity index (χ2n) is 9.11. The van der Waals surface area contributed by atoms with Crippen LogP contribution in [0.5, 0.6) is 11.5 Å². The van der Waals surface area contributed by atoms with E-state index in [-0.39, 0.29) is 17.1 Å². The molecular weight excluding hydrogens is 454 g/mol. The molecule has 1 aliphatic heterocycles. The quantitative estimate of drug-likeness (QED) is 0.342. The number of hydrogen-bond acceptors (Lipinski definition) is 5. The lowest BCUT2D eigenvalue weighted by atomic mass is 9.97. The van der Waals surface area contributed by atoms with E-state index >= 15 is 0 Å². The molecule has 1 atom stereocenters. The third-order valence-electron chi connectivity index (χ3n) is 6.89. The Kier molecular flexibility index (Phi) is 6.27. The SMILES string of the molecule is CCOc1ccc(C2c3c(oc4cc(C)c(C)cc4c3=O)C(=O)N2CCc2ccc(OC)cc2)cc1. The van der Waals surface area contributed by atoms with E-state index in [2.05, 4.69) is 0 Å². The number of ether oxygens (including phenoxy) is 2. The molecule has 1 unspecified atom stereocenters. The highest BCUT2D eigenvalue weighted by Crippen LogP contribution is 2.39. The summed E-state index contributed by atoms with van der Waals surface area (Å²) in [6.07, 6.45) is 0.628. The third-order valence-corrected chi connectivity index (χ3v) is 6.89. The van der Waals surface area contributed by atoms with Crippen LogP contribution in [0.4, 0.5) is 0 Å². The van der Waals surface area contributed by atoms with Gasteiger partial charge >= 0.3 is 0 Å². The van der Waals surface area contributed by atoms with Crippen molar-refractivity contribution in [3.05, 3.63) is 104 Å². The Balaban J connectivity index is 1.60. The van der Waals surface area contributed by atoms with Gasteiger partial charge in [-0.1, -0.05) is 24.3 Å². The number of carbonyl (C=O) groups is 1. The zero-order valence-corrected chi connectivity index (χ0v) is 21.0. The van der Waals surface area contributed by atoms with Crippen LogP contribution >= 0.6 is 0 Å². The van der Waals surface area contributed by atoms with Gasteiger partial charge in [0.05, 0.1) is 30.7 Å². The van der Waals surface area contributed by atoms with Crippen LogP contribution in [0.25, 0.3) is 11.0 Å². The lowest BCUT2D eigenvalue weighted by Crippen LogP contribution is -2.31. The van der Waals surface area contributed by atoms with Gasteiger partial charge < -0.3 is 18.8 Å². The maximum Gasteiger partial charge on any atom is 0.290 e. The molecule has 1 amide bonds. The summed E-state index contributed by atoms with van der Waals surface area (Å²) in [5, 5.41) is 0.498. The molecule has 0 bridgehead atoms. The number of rotatable bonds is 7. The number of nitrogens with zero attached hydrogens (tertiary/aromatic N) is 1. The van der Waals surface area contributed by atoms with E-state index in [1.54, 1.807) is 12.0 Å². The number of carbonyl (C=O) groups excluding carboxylic acids is 1. The van der Waals surface area contributed by atoms with E-state index in [0.29, 0.717) is 36.1 Å². The molecule has 0 saturated heterocycles. The third kappa shape index (κ3) is 4.13. The maximum atomic E-state index is 13.8. The minimum atomic E-state index is -0.538. The highest BCUT2D eigenvalue weighted by Gasteiger charge is 2.42. The van der Waals surface area contributed by atoms with Crippen molar-refractivity contribution < 1.29 is 18.7 Å². The van der Waals surface area contributed by atoms with Crippen LogP contribution in [0.15, 0.2) is 69.9 Å². The number of aryl methyl sites for hydroxylation is 2. The van der Waals surface area contributed by atoms with Gasteiger partial charge in [0.25, 0.3) is 5.91 Å². The molecule has 1 aliphatic rings. The van der Waals surface area contributed by atoms with E-state index in [1.807, 2.05) is 81.4 Å². The van der Waals surface area contributed by atoms with Gasteiger partial charge in [-0.3, -0.25) is 9.59 Å². The highest BCUT2D eigenvalue weighted by molar-refractivity contribution is 5.99. The fourth-order valence-corrected chi connectivity index (χ4v) is 4.81. The standard InChI is InChI=1S/C30H29NO5/c1-5-35-23-12-8-21(9-13-23)27-26-28(32)24-16-18(2)19(3)17-25(24)36-29(26)30(33)31(27)15-14-20-6-10-22(34-4)11-7-20/h6-13,16-17,27H,5,14-15H2,1-4H3. The van der Waals surface area contributed by atoms with Gasteiger partial charge in [0.15, 0.2) is 5.43 Å². The Morgan fingerprint density at radius 3 is 2.25 bits per heavy atom. The summed E-state index contributed by atoms with van der Waals surface area (Å²) in [5.41, 5.74) is 4.61. The van der Waals surface area contributed by atoms with Crippen LogP contribution in [0.1, 0.15) is 51.3 Å². The number of hydrogen-bond donors (Lipinski definition) is 0. The molecule has 4 aromatic rings. The number of amides is 1. The molecular formula is C30H29NO5. The fraction of sp³-hybridized carbons (Fsp3) is 0.267. The number of fused-ring (bicyclic) bond motifs is 2. The summed E-state index contributed by atoms with van der Waals surface area (Å²) in [4.78, 5) is 29.2. The van der Waals surface area contributed by atoms with E-state index in [4.69, 9.17) is 13.9 Å². The number of methoxy groups -OCH3 is 1. The van der Waals surface area contributed by atoms with Gasteiger partial charge in [-0.2, -0.15) is 0 Å². The summed E-state index contributed by atoms with van der Waals surface area (Å²) in [5.74, 6) is 1.38. The number of benzene rings is 3. The fourth-order valence-electron chi connectivity index (χ4n) is 4.81. The largest absolute Gasteiger partial charge is 0.497 e. The van der Waals surface area contributed by atoms with Crippen LogP contribution in [0, 0.1) is 13.8 Å². The average molecular weight is 484 g/mol. The molecule has 184 valence electrons. The zero-order valence-electron chi connectivity index (χ0n) is 21.0. The topological polar surface area (TPSA) is 69.0 Å². The summed E-state index contributed by atoms with van der Waals surface area (Å²) in [7, 11) is 1.63. The maximum absolute atomic E-state index is 13.8. The van der Waals surface area contributed by atoms with Gasteiger partial charge in [-0.25, -0.2) is 0 Å². The van der Waals surface area contributed by atoms with Crippen LogP contribution in [-0.2, 0) is 6.42 Å². The summed E-state index contributed by atoms with van der Waals surface area (Å²) in [6.45, 7) is 6.86. The molecule has 5 rings (SSSR count). The summed E-state index contributed by atoms with van der Waals surface area (Å²) in [6, 6.07) is 18.5. The predicted octanol–water partition coefficient (Wildman–Crippen LogP) is 5.61. The highest BCUT2D eigenvalue weighted by atomic mass is 16.5. The molecule has 2 heterocycles. The second kappa shape index (κ2) is 9.53. The van der Waals surface area contributed by atoms with Crippen molar-refractivity contribution >= 4 is 16.9 Å². The van der Waals surface area contributed by atoms with Crippen LogP contribution in [0.2, 0.25) is 0 Å². The monoisotopic (exact) mass is 483 g/mol. The first-order valence-electron chi connectivity index (χ1n) is 12.2. The Labute approximate surface area is 210 Å². The molecule has 0 spiro atoms. The van der Waals surface area contributed by atoms with E-state index < -0.39 is 6.04 Å². The molecule has 0 saturated carbocycles. The Morgan fingerprint density at radius 2 is 1.58 bits per heavy atom. The normalized spacial score (nSPS) is 14.8. The molecule has 0 N–H and O–H groups in total. The van der Waals surface area contributed by atoms with Crippen molar-refractivity contribution in [2.45, 2.75) is 33.2 Å². The molecule has 0 radical (unpaired) electrons. The molecule has 3 aromatic carbocycles. The van der Waals surface area contributed by atoms with Crippen molar-refractivity contribution in [2.75, 3.05) is 20.3 Å². The van der Waals surface area contributed by atoms with Crippen molar-refractivity contribution in [3.63, 3.8) is 0 Å². The lowest BCUT2D eigenvalue weighted by molar-refractivity contribution is 0.0730. The minimum absolute atomic E-state index is 0.129. The average Bonchev–Trinajstić information content (AvgIpc) is 3.16. The summed E-state index contributed by atoms with van der Waals surface area (Å²) < 4.78 is 17.0. The molecule has 1 aromatic heterocycles. The Hall–Kier alpha value is -4.06. The zero-order chi connectivity index (χ0) is 25.4. The van der Waals surface area contributed by atoms with Gasteiger partial charge in [-0.15, -0.1) is 0 Å². The predicted molar refractivity (Wildman–Crippen MR) is 139 cm³/mol. The Bertz CT molecular complexity index is 1490. The summed E-state index contributed by atoms with van der Waals surface area (Å²) >= 11 is 0. The van der Waals surface area contributed by atoms with E-state index in [0.717, 1.165) is 33.8 Å². The molecule has 6 heteroatoms. The lowest BCUT2D eigenvalue weighted by Gasteiger charge is -2.25. The minimum Gasteiger partial charge on any atom is -0.497 e. The smallest absolute Gasteiger partial charge is 0.290 e. The van der Waals surface area contributed by atoms with Crippen molar-refractivity contribution in [3.8, 4) is 11.5 Å². The first-order valence-corrected chi connectivity index (χ1v) is 12.2. The van der Waals surface area contributed by atoms with Gasteiger partial charge in [0, 0.05) is 6.54 Å². The van der Waals surface area contributed by atoms with E-state index in [1.165, 1.54) is 0 Å². The molecule has 0 fully saturated rings. The second-order valence-corrected chi connectivity index (χ2v) is 9.11. The molecule has 6 nitrogen and oxygen atoms in total. The first-order chi connectivity index (χ1) is 17.4. The first kappa shape index (κ1) is 23.7. The van der Waals surface area contributed by atoms with Crippen molar-refractivity contribution in [1.82, 2.24) is 4.90 Å². The van der Waals surface area contributed by atoms with Gasteiger partial charge in [0.2, 0.25) is 5.76 Å². The molecule has 0 aliphatic carbocycles. The van der Waals surface area contributed by atoms with Crippen molar-refractivity contribution in [1.29, 1.82) is 0 Å².